The minimum atomic E-state index is -0.459. The molecule has 0 aromatic carbocycles. The number of carbonyl (C=O) groups excluding carboxylic acids is 2. The highest BCUT2D eigenvalue weighted by molar-refractivity contribution is 5.95. The average molecular weight is 268 g/mol. The van der Waals surface area contributed by atoms with Crippen LogP contribution < -0.4 is 0 Å². The molecule has 0 aliphatic carbocycles. The summed E-state index contributed by atoms with van der Waals surface area (Å²) in [5, 5.41) is 0. The zero-order valence-corrected chi connectivity index (χ0v) is 12.3. The molecule has 1 fully saturated rings. The Labute approximate surface area is 115 Å². The number of rotatable bonds is 8. The molecular formula is C15H24O4. The van der Waals surface area contributed by atoms with E-state index >= 15 is 0 Å². The van der Waals surface area contributed by atoms with Crippen molar-refractivity contribution < 1.29 is 19.1 Å². The van der Waals surface area contributed by atoms with Crippen LogP contribution in [0.1, 0.15) is 52.9 Å². The van der Waals surface area contributed by atoms with Gasteiger partial charge in [-0.25, -0.2) is 0 Å². The molecule has 1 unspecified atom stereocenters. The van der Waals surface area contributed by atoms with Crippen LogP contribution in [-0.4, -0.2) is 30.6 Å². The second kappa shape index (κ2) is 6.85. The molecule has 1 saturated heterocycles. The maximum atomic E-state index is 11.4. The number of ketones is 1. The maximum Gasteiger partial charge on any atom is 0.313 e. The Balaban J connectivity index is 2.14. The normalized spacial score (nSPS) is 21.1. The summed E-state index contributed by atoms with van der Waals surface area (Å²) >= 11 is 0. The van der Waals surface area contributed by atoms with Gasteiger partial charge in [-0.15, -0.1) is 0 Å². The van der Waals surface area contributed by atoms with E-state index in [0.29, 0.717) is 18.9 Å². The number of Topliss-reactive ketones (excluding diaryl/α,β-unsaturated/α-hetero) is 1. The van der Waals surface area contributed by atoms with Crippen molar-refractivity contribution in [2.45, 2.75) is 64.6 Å². The molecule has 0 spiro atoms. The molecule has 1 atom stereocenters. The SMILES string of the molecule is COC(=O)CC(=O)CCC=C(C)CCC1OC1(C)C. The van der Waals surface area contributed by atoms with Crippen molar-refractivity contribution in [2.24, 2.45) is 0 Å². The summed E-state index contributed by atoms with van der Waals surface area (Å²) in [5.41, 5.74) is 1.33. The van der Waals surface area contributed by atoms with Gasteiger partial charge >= 0.3 is 5.97 Å². The number of hydrogen-bond acceptors (Lipinski definition) is 4. The molecule has 4 nitrogen and oxygen atoms in total. The first-order valence-electron chi connectivity index (χ1n) is 6.77. The first-order valence-corrected chi connectivity index (χ1v) is 6.77. The second-order valence-corrected chi connectivity index (χ2v) is 5.63. The molecule has 1 aliphatic heterocycles. The highest BCUT2D eigenvalue weighted by Gasteiger charge is 2.46. The van der Waals surface area contributed by atoms with Crippen LogP contribution in [0.5, 0.6) is 0 Å². The molecule has 0 aromatic heterocycles. The molecule has 0 N–H and O–H groups in total. The van der Waals surface area contributed by atoms with E-state index in [1.54, 1.807) is 0 Å². The van der Waals surface area contributed by atoms with Gasteiger partial charge < -0.3 is 9.47 Å². The number of carbonyl (C=O) groups is 2. The van der Waals surface area contributed by atoms with Crippen LogP contribution in [0.15, 0.2) is 11.6 Å². The van der Waals surface area contributed by atoms with Crippen LogP contribution in [0.4, 0.5) is 0 Å². The Kier molecular flexibility index (Phi) is 5.73. The Bertz CT molecular complexity index is 368. The lowest BCUT2D eigenvalue weighted by Crippen LogP contribution is -2.08. The standard InChI is InChI=1S/C15H24O4/c1-11(8-9-13-15(2,3)19-13)6-5-7-12(16)10-14(17)18-4/h6,13H,5,7-10H2,1-4H3. The molecular weight excluding hydrogens is 244 g/mol. The van der Waals surface area contributed by atoms with E-state index in [2.05, 4.69) is 31.6 Å². The topological polar surface area (TPSA) is 55.9 Å². The lowest BCUT2D eigenvalue weighted by Gasteiger charge is -2.01. The van der Waals surface area contributed by atoms with Gasteiger partial charge in [0.1, 0.15) is 12.2 Å². The molecule has 0 radical (unpaired) electrons. The van der Waals surface area contributed by atoms with Crippen molar-refractivity contribution >= 4 is 11.8 Å². The summed E-state index contributed by atoms with van der Waals surface area (Å²) in [4.78, 5) is 22.3. The Morgan fingerprint density at radius 1 is 1.32 bits per heavy atom. The Morgan fingerprint density at radius 3 is 2.47 bits per heavy atom. The maximum absolute atomic E-state index is 11.4. The molecule has 1 rings (SSSR count). The number of allylic oxidation sites excluding steroid dienone is 2. The number of epoxide rings is 1. The lowest BCUT2D eigenvalue weighted by atomic mass is 10.0. The van der Waals surface area contributed by atoms with Crippen molar-refractivity contribution in [3.63, 3.8) is 0 Å². The van der Waals surface area contributed by atoms with Gasteiger partial charge in [-0.1, -0.05) is 11.6 Å². The summed E-state index contributed by atoms with van der Waals surface area (Å²) in [5.74, 6) is -0.527. The smallest absolute Gasteiger partial charge is 0.313 e. The number of hydrogen-bond donors (Lipinski definition) is 0. The van der Waals surface area contributed by atoms with Crippen LogP contribution >= 0.6 is 0 Å². The second-order valence-electron chi connectivity index (χ2n) is 5.63. The van der Waals surface area contributed by atoms with E-state index in [0.717, 1.165) is 12.8 Å². The minimum absolute atomic E-state index is 0.0523. The number of ether oxygens (including phenoxy) is 2. The fourth-order valence-corrected chi connectivity index (χ4v) is 2.00. The third-order valence-electron chi connectivity index (χ3n) is 3.45. The molecule has 0 bridgehead atoms. The predicted octanol–water partition coefficient (Wildman–Crippen LogP) is 2.80. The monoisotopic (exact) mass is 268 g/mol. The van der Waals surface area contributed by atoms with Gasteiger partial charge in [-0.3, -0.25) is 9.59 Å². The fraction of sp³-hybridized carbons (Fsp3) is 0.733. The van der Waals surface area contributed by atoms with Gasteiger partial charge in [-0.05, 0) is 40.0 Å². The molecule has 19 heavy (non-hydrogen) atoms. The van der Waals surface area contributed by atoms with E-state index in [4.69, 9.17) is 4.74 Å². The largest absolute Gasteiger partial charge is 0.469 e. The number of esters is 1. The van der Waals surface area contributed by atoms with Gasteiger partial charge in [0, 0.05) is 6.42 Å². The van der Waals surface area contributed by atoms with Crippen molar-refractivity contribution in [2.75, 3.05) is 7.11 Å². The predicted molar refractivity (Wildman–Crippen MR) is 72.8 cm³/mol. The quantitative estimate of drug-likeness (QED) is 0.294. The number of methoxy groups -OCH3 is 1. The summed E-state index contributed by atoms with van der Waals surface area (Å²) < 4.78 is 9.97. The van der Waals surface area contributed by atoms with Crippen LogP contribution in [0.2, 0.25) is 0 Å². The highest BCUT2D eigenvalue weighted by Crippen LogP contribution is 2.38. The highest BCUT2D eigenvalue weighted by atomic mass is 16.6. The summed E-state index contributed by atoms with van der Waals surface area (Å²) in [6.45, 7) is 6.27. The van der Waals surface area contributed by atoms with E-state index < -0.39 is 5.97 Å². The van der Waals surface area contributed by atoms with Crippen molar-refractivity contribution in [1.82, 2.24) is 0 Å². The molecule has 108 valence electrons. The lowest BCUT2D eigenvalue weighted by molar-refractivity contribution is -0.143. The van der Waals surface area contributed by atoms with Gasteiger partial charge in [0.2, 0.25) is 0 Å². The van der Waals surface area contributed by atoms with E-state index in [9.17, 15) is 9.59 Å². The Morgan fingerprint density at radius 2 is 1.95 bits per heavy atom. The summed E-state index contributed by atoms with van der Waals surface area (Å²) in [7, 11) is 1.29. The van der Waals surface area contributed by atoms with Crippen LogP contribution in [0.3, 0.4) is 0 Å². The van der Waals surface area contributed by atoms with Crippen LogP contribution in [-0.2, 0) is 19.1 Å². The minimum Gasteiger partial charge on any atom is -0.469 e. The van der Waals surface area contributed by atoms with Gasteiger partial charge in [0.05, 0.1) is 18.8 Å². The molecule has 1 heterocycles. The molecule has 1 aliphatic rings. The van der Waals surface area contributed by atoms with Crippen molar-refractivity contribution in [3.8, 4) is 0 Å². The zero-order chi connectivity index (χ0) is 14.5. The molecule has 0 amide bonds. The third-order valence-corrected chi connectivity index (χ3v) is 3.45. The van der Waals surface area contributed by atoms with E-state index in [1.165, 1.54) is 12.7 Å². The van der Waals surface area contributed by atoms with Gasteiger partial charge in [0.25, 0.3) is 0 Å². The summed E-state index contributed by atoms with van der Waals surface area (Å²) in [6.07, 6.45) is 5.45. The fourth-order valence-electron chi connectivity index (χ4n) is 2.00. The average Bonchev–Trinajstić information content (AvgIpc) is 2.94. The third kappa shape index (κ3) is 6.01. The summed E-state index contributed by atoms with van der Waals surface area (Å²) in [6, 6.07) is 0. The van der Waals surface area contributed by atoms with Gasteiger partial charge in [-0.2, -0.15) is 0 Å². The van der Waals surface area contributed by atoms with Crippen LogP contribution in [0.25, 0.3) is 0 Å². The van der Waals surface area contributed by atoms with E-state index in [-0.39, 0.29) is 17.8 Å². The zero-order valence-electron chi connectivity index (χ0n) is 12.3. The van der Waals surface area contributed by atoms with E-state index in [1.807, 2.05) is 0 Å². The van der Waals surface area contributed by atoms with Gasteiger partial charge in [0.15, 0.2) is 0 Å². The molecule has 0 saturated carbocycles. The first-order chi connectivity index (χ1) is 8.85. The molecule has 4 heteroatoms. The Hall–Kier alpha value is -1.16. The van der Waals surface area contributed by atoms with Crippen molar-refractivity contribution in [3.05, 3.63) is 11.6 Å². The molecule has 0 aromatic rings. The van der Waals surface area contributed by atoms with Crippen LogP contribution in [0, 0.1) is 0 Å². The first kappa shape index (κ1) is 15.9. The van der Waals surface area contributed by atoms with Crippen molar-refractivity contribution in [1.29, 1.82) is 0 Å².